The lowest BCUT2D eigenvalue weighted by Gasteiger charge is -2.30. The highest BCUT2D eigenvalue weighted by molar-refractivity contribution is 6.13. The second-order valence-corrected chi connectivity index (χ2v) is 7.12. The minimum atomic E-state index is -4.85. The second kappa shape index (κ2) is 9.19. The minimum absolute atomic E-state index is 0.00221. The van der Waals surface area contributed by atoms with E-state index in [0.29, 0.717) is 5.56 Å². The van der Waals surface area contributed by atoms with Crippen LogP contribution >= 0.6 is 0 Å². The maximum atomic E-state index is 12.8. The zero-order chi connectivity index (χ0) is 21.7. The molecule has 1 heterocycles. The molecular formula is C22H24F3N3O2. The van der Waals surface area contributed by atoms with Crippen molar-refractivity contribution in [3.05, 3.63) is 59.2 Å². The molecule has 0 saturated carbocycles. The summed E-state index contributed by atoms with van der Waals surface area (Å²) < 4.78 is 42.2. The molecule has 1 N–H and O–H groups in total. The van der Waals surface area contributed by atoms with E-state index in [2.05, 4.69) is 19.9 Å². The number of aryl methyl sites for hydroxylation is 1. The summed E-state index contributed by atoms with van der Waals surface area (Å²) in [5.41, 5.74) is 2.52. The number of nitrogens with one attached hydrogen (secondary N) is 1. The number of amides is 1. The van der Waals surface area contributed by atoms with E-state index in [4.69, 9.17) is 0 Å². The van der Waals surface area contributed by atoms with Crippen LogP contribution in [0.4, 0.5) is 18.9 Å². The molecule has 1 fully saturated rings. The number of benzene rings is 2. The molecule has 0 bridgehead atoms. The summed E-state index contributed by atoms with van der Waals surface area (Å²) in [6.07, 6.45) is -1.32. The molecule has 0 aromatic heterocycles. The fourth-order valence-corrected chi connectivity index (χ4v) is 3.59. The molecule has 0 atom stereocenters. The van der Waals surface area contributed by atoms with Crippen LogP contribution in [0.1, 0.15) is 40.7 Å². The Bertz CT molecular complexity index is 935. The van der Waals surface area contributed by atoms with Crippen LogP contribution in [0.15, 0.2) is 47.5 Å². The standard InChI is InChI=1S/C22H24F3N3O2/c1-15-14-16(10-11-18(15)28-12-6-3-7-13-28)21(29)27-20(26-2)17-8-4-5-9-19(17)30-22(23,24)25/h4-5,8-11,14H,3,6-7,12-13H2,1-2H3,(H,26,27,29). The van der Waals surface area contributed by atoms with Crippen molar-refractivity contribution in [1.29, 1.82) is 0 Å². The third kappa shape index (κ3) is 5.31. The normalized spacial score (nSPS) is 15.1. The van der Waals surface area contributed by atoms with E-state index < -0.39 is 18.0 Å². The summed E-state index contributed by atoms with van der Waals surface area (Å²) in [6, 6.07) is 11.0. The first-order valence-corrected chi connectivity index (χ1v) is 9.77. The molecule has 0 radical (unpaired) electrons. The van der Waals surface area contributed by atoms with Crippen molar-refractivity contribution >= 4 is 17.4 Å². The molecule has 2 aromatic carbocycles. The molecular weight excluding hydrogens is 395 g/mol. The van der Waals surface area contributed by atoms with E-state index in [9.17, 15) is 18.0 Å². The summed E-state index contributed by atoms with van der Waals surface area (Å²) in [6.45, 7) is 3.94. The number of hydrogen-bond acceptors (Lipinski definition) is 4. The molecule has 0 unspecified atom stereocenters. The highest BCUT2D eigenvalue weighted by atomic mass is 19.4. The Kier molecular flexibility index (Phi) is 6.64. The van der Waals surface area contributed by atoms with Crippen LogP contribution in [0.25, 0.3) is 0 Å². The van der Waals surface area contributed by atoms with E-state index in [1.165, 1.54) is 31.7 Å². The molecule has 0 aliphatic carbocycles. The van der Waals surface area contributed by atoms with E-state index in [1.54, 1.807) is 18.2 Å². The highest BCUT2D eigenvalue weighted by Gasteiger charge is 2.32. The Morgan fingerprint density at radius 2 is 1.80 bits per heavy atom. The highest BCUT2D eigenvalue weighted by Crippen LogP contribution is 2.27. The molecule has 0 spiro atoms. The lowest BCUT2D eigenvalue weighted by Crippen LogP contribution is -2.33. The summed E-state index contributed by atoms with van der Waals surface area (Å²) >= 11 is 0. The number of nitrogens with zero attached hydrogens (tertiary/aromatic N) is 2. The lowest BCUT2D eigenvalue weighted by molar-refractivity contribution is -0.274. The van der Waals surface area contributed by atoms with E-state index in [-0.39, 0.29) is 11.4 Å². The molecule has 30 heavy (non-hydrogen) atoms. The van der Waals surface area contributed by atoms with E-state index in [0.717, 1.165) is 37.2 Å². The van der Waals surface area contributed by atoms with Gasteiger partial charge in [0.15, 0.2) is 0 Å². The number of piperidine rings is 1. The van der Waals surface area contributed by atoms with Gasteiger partial charge in [-0.3, -0.25) is 9.79 Å². The van der Waals surface area contributed by atoms with Crippen LogP contribution in [-0.2, 0) is 0 Å². The van der Waals surface area contributed by atoms with Gasteiger partial charge in [-0.15, -0.1) is 13.2 Å². The number of alkyl halides is 3. The zero-order valence-electron chi connectivity index (χ0n) is 16.9. The quantitative estimate of drug-likeness (QED) is 0.578. The smallest absolute Gasteiger partial charge is 0.405 e. The van der Waals surface area contributed by atoms with Crippen molar-refractivity contribution in [3.8, 4) is 5.75 Å². The van der Waals surface area contributed by atoms with Gasteiger partial charge >= 0.3 is 6.36 Å². The fraction of sp³-hybridized carbons (Fsp3) is 0.364. The number of carbonyl (C=O) groups excluding carboxylic acids is 1. The van der Waals surface area contributed by atoms with Crippen LogP contribution in [0.5, 0.6) is 5.75 Å². The monoisotopic (exact) mass is 419 g/mol. The number of ether oxygens (including phenoxy) is 1. The van der Waals surface area contributed by atoms with Gasteiger partial charge in [-0.2, -0.15) is 0 Å². The van der Waals surface area contributed by atoms with Crippen LogP contribution in [0.2, 0.25) is 0 Å². The van der Waals surface area contributed by atoms with Gasteiger partial charge in [-0.1, -0.05) is 12.1 Å². The average molecular weight is 419 g/mol. The maximum absolute atomic E-state index is 12.8. The minimum Gasteiger partial charge on any atom is -0.405 e. The van der Waals surface area contributed by atoms with Gasteiger partial charge in [0.2, 0.25) is 0 Å². The van der Waals surface area contributed by atoms with E-state index >= 15 is 0 Å². The maximum Gasteiger partial charge on any atom is 0.573 e. The van der Waals surface area contributed by atoms with Crippen LogP contribution < -0.4 is 15.0 Å². The average Bonchev–Trinajstić information content (AvgIpc) is 2.72. The van der Waals surface area contributed by atoms with Gasteiger partial charge in [0.1, 0.15) is 11.6 Å². The molecule has 5 nitrogen and oxygen atoms in total. The molecule has 160 valence electrons. The van der Waals surface area contributed by atoms with Gasteiger partial charge in [0, 0.05) is 31.4 Å². The SMILES string of the molecule is CN=C(NC(=O)c1ccc(N2CCCCC2)c(C)c1)c1ccccc1OC(F)(F)F. The Balaban J connectivity index is 1.79. The van der Waals surface area contributed by atoms with Gasteiger partial charge in [0.25, 0.3) is 5.91 Å². The Morgan fingerprint density at radius 3 is 2.43 bits per heavy atom. The summed E-state index contributed by atoms with van der Waals surface area (Å²) in [5.74, 6) is -0.883. The number of carbonyl (C=O) groups is 1. The van der Waals surface area contributed by atoms with E-state index in [1.807, 2.05) is 13.0 Å². The van der Waals surface area contributed by atoms with Crippen LogP contribution in [0, 0.1) is 6.92 Å². The number of amidine groups is 1. The molecule has 8 heteroatoms. The largest absolute Gasteiger partial charge is 0.573 e. The molecule has 1 aliphatic rings. The molecule has 1 saturated heterocycles. The second-order valence-electron chi connectivity index (χ2n) is 7.12. The Morgan fingerprint density at radius 1 is 1.10 bits per heavy atom. The number of para-hydroxylation sites is 1. The number of rotatable bonds is 4. The summed E-state index contributed by atoms with van der Waals surface area (Å²) in [5, 5.41) is 2.60. The lowest BCUT2D eigenvalue weighted by atomic mass is 10.0. The fourth-order valence-electron chi connectivity index (χ4n) is 3.59. The van der Waals surface area contributed by atoms with Crippen molar-refractivity contribution in [3.63, 3.8) is 0 Å². The third-order valence-electron chi connectivity index (χ3n) is 4.98. The van der Waals surface area contributed by atoms with Crippen LogP contribution in [-0.4, -0.2) is 38.2 Å². The van der Waals surface area contributed by atoms with Crippen LogP contribution in [0.3, 0.4) is 0 Å². The first kappa shape index (κ1) is 21.7. The molecule has 2 aromatic rings. The molecule has 1 amide bonds. The van der Waals surface area contributed by atoms with Crippen molar-refractivity contribution in [2.45, 2.75) is 32.5 Å². The third-order valence-corrected chi connectivity index (χ3v) is 4.98. The number of aliphatic imine (C=N–C) groups is 1. The molecule has 1 aliphatic heterocycles. The first-order chi connectivity index (χ1) is 14.3. The zero-order valence-corrected chi connectivity index (χ0v) is 16.9. The molecule has 3 rings (SSSR count). The summed E-state index contributed by atoms with van der Waals surface area (Å²) in [4.78, 5) is 19.0. The number of halogens is 3. The first-order valence-electron chi connectivity index (χ1n) is 9.77. The van der Waals surface area contributed by atoms with Gasteiger partial charge in [0.05, 0.1) is 5.56 Å². The van der Waals surface area contributed by atoms with Crippen molar-refractivity contribution < 1.29 is 22.7 Å². The van der Waals surface area contributed by atoms with Gasteiger partial charge in [-0.05, 0) is 62.1 Å². The Labute approximate surface area is 173 Å². The predicted molar refractivity (Wildman–Crippen MR) is 110 cm³/mol. The topological polar surface area (TPSA) is 53.9 Å². The predicted octanol–water partition coefficient (Wildman–Crippen LogP) is 4.69. The van der Waals surface area contributed by atoms with Gasteiger partial charge in [-0.25, -0.2) is 0 Å². The number of anilines is 1. The van der Waals surface area contributed by atoms with Gasteiger partial charge < -0.3 is 15.0 Å². The van der Waals surface area contributed by atoms with Crippen molar-refractivity contribution in [2.24, 2.45) is 4.99 Å². The van der Waals surface area contributed by atoms with Crippen molar-refractivity contribution in [2.75, 3.05) is 25.0 Å². The number of hydrogen-bond donors (Lipinski definition) is 1. The van der Waals surface area contributed by atoms with Crippen molar-refractivity contribution in [1.82, 2.24) is 5.32 Å². The Hall–Kier alpha value is -3.03. The summed E-state index contributed by atoms with van der Waals surface area (Å²) in [7, 11) is 1.39.